The van der Waals surface area contributed by atoms with E-state index in [1.165, 1.54) is 12.1 Å². The van der Waals surface area contributed by atoms with Crippen molar-refractivity contribution in [2.45, 2.75) is 6.54 Å². The van der Waals surface area contributed by atoms with Gasteiger partial charge in [-0.1, -0.05) is 54.6 Å². The molecular weight excluding hydrogens is 341 g/mol. The highest BCUT2D eigenvalue weighted by Gasteiger charge is 2.12. The van der Waals surface area contributed by atoms with Crippen LogP contribution in [0.25, 0.3) is 11.6 Å². The molecule has 3 aromatic carbocycles. The van der Waals surface area contributed by atoms with Crippen LogP contribution in [0.5, 0.6) is 5.75 Å². The second kappa shape index (κ2) is 8.81. The van der Waals surface area contributed by atoms with Crippen molar-refractivity contribution >= 4 is 17.6 Å². The van der Waals surface area contributed by atoms with Crippen LogP contribution in [0, 0.1) is 5.82 Å². The van der Waals surface area contributed by atoms with E-state index < -0.39 is 0 Å². The highest BCUT2D eigenvalue weighted by molar-refractivity contribution is 6.24. The summed E-state index contributed by atoms with van der Waals surface area (Å²) >= 11 is 0. The SMILES string of the molecule is COc1ccc(/C=C(/C(=O)NCc2ccc(F)cc2)c2ccccc2)cc1. The number of amides is 1. The highest BCUT2D eigenvalue weighted by atomic mass is 19.1. The lowest BCUT2D eigenvalue weighted by molar-refractivity contribution is -0.115. The van der Waals surface area contributed by atoms with Crippen LogP contribution in [0.15, 0.2) is 78.9 Å². The summed E-state index contributed by atoms with van der Waals surface area (Å²) < 4.78 is 18.2. The van der Waals surface area contributed by atoms with Crippen LogP contribution in [0.3, 0.4) is 0 Å². The molecule has 0 bridgehead atoms. The van der Waals surface area contributed by atoms with Crippen molar-refractivity contribution in [3.05, 3.63) is 101 Å². The number of hydrogen-bond acceptors (Lipinski definition) is 2. The number of rotatable bonds is 6. The summed E-state index contributed by atoms with van der Waals surface area (Å²) in [4.78, 5) is 12.8. The van der Waals surface area contributed by atoms with Gasteiger partial charge in [-0.2, -0.15) is 0 Å². The van der Waals surface area contributed by atoms with Crippen LogP contribution in [0.1, 0.15) is 16.7 Å². The van der Waals surface area contributed by atoms with Gasteiger partial charge in [0, 0.05) is 12.1 Å². The topological polar surface area (TPSA) is 38.3 Å². The Hall–Kier alpha value is -3.40. The molecule has 0 radical (unpaired) electrons. The van der Waals surface area contributed by atoms with Crippen molar-refractivity contribution in [1.29, 1.82) is 0 Å². The second-order valence-corrected chi connectivity index (χ2v) is 6.01. The van der Waals surface area contributed by atoms with Crippen molar-refractivity contribution in [3.63, 3.8) is 0 Å². The molecule has 1 N–H and O–H groups in total. The van der Waals surface area contributed by atoms with E-state index in [1.54, 1.807) is 19.2 Å². The molecule has 0 fully saturated rings. The largest absolute Gasteiger partial charge is 0.497 e. The van der Waals surface area contributed by atoms with E-state index in [1.807, 2.05) is 60.7 Å². The Kier molecular flexibility index (Phi) is 6.00. The first kappa shape index (κ1) is 18.4. The molecule has 1 amide bonds. The maximum Gasteiger partial charge on any atom is 0.252 e. The van der Waals surface area contributed by atoms with E-state index in [0.29, 0.717) is 12.1 Å². The van der Waals surface area contributed by atoms with Crippen molar-refractivity contribution in [2.75, 3.05) is 7.11 Å². The minimum Gasteiger partial charge on any atom is -0.497 e. The molecular formula is C23H20FNO2. The first-order valence-electron chi connectivity index (χ1n) is 8.59. The number of carbonyl (C=O) groups excluding carboxylic acids is 1. The average molecular weight is 361 g/mol. The molecule has 0 spiro atoms. The predicted octanol–water partition coefficient (Wildman–Crippen LogP) is 4.69. The molecule has 0 aliphatic heterocycles. The minimum absolute atomic E-state index is 0.193. The number of carbonyl (C=O) groups is 1. The van der Waals surface area contributed by atoms with E-state index in [4.69, 9.17) is 4.74 Å². The smallest absolute Gasteiger partial charge is 0.252 e. The summed E-state index contributed by atoms with van der Waals surface area (Å²) in [6.45, 7) is 0.325. The predicted molar refractivity (Wildman–Crippen MR) is 106 cm³/mol. The fourth-order valence-corrected chi connectivity index (χ4v) is 2.64. The lowest BCUT2D eigenvalue weighted by atomic mass is 10.0. The normalized spacial score (nSPS) is 11.1. The second-order valence-electron chi connectivity index (χ2n) is 6.01. The molecule has 0 heterocycles. The standard InChI is InChI=1S/C23H20FNO2/c1-27-21-13-9-17(10-14-21)15-22(19-5-3-2-4-6-19)23(26)25-16-18-7-11-20(24)12-8-18/h2-15H,16H2,1H3,(H,25,26)/b22-15+. The van der Waals surface area contributed by atoms with Gasteiger partial charge < -0.3 is 10.1 Å². The Morgan fingerprint density at radius 3 is 2.26 bits per heavy atom. The zero-order valence-corrected chi connectivity index (χ0v) is 15.0. The van der Waals surface area contributed by atoms with Crippen LogP contribution < -0.4 is 10.1 Å². The Balaban J connectivity index is 1.83. The Morgan fingerprint density at radius 1 is 0.963 bits per heavy atom. The van der Waals surface area contributed by atoms with Crippen LogP contribution >= 0.6 is 0 Å². The molecule has 27 heavy (non-hydrogen) atoms. The number of halogens is 1. The molecule has 0 aliphatic rings. The lowest BCUT2D eigenvalue weighted by Gasteiger charge is -2.10. The van der Waals surface area contributed by atoms with Gasteiger partial charge in [0.2, 0.25) is 0 Å². The molecule has 0 atom stereocenters. The number of benzene rings is 3. The van der Waals surface area contributed by atoms with Crippen LogP contribution in [-0.4, -0.2) is 13.0 Å². The molecule has 3 aromatic rings. The Bertz CT molecular complexity index is 917. The summed E-state index contributed by atoms with van der Waals surface area (Å²) in [6, 6.07) is 23.1. The maximum absolute atomic E-state index is 13.0. The lowest BCUT2D eigenvalue weighted by Crippen LogP contribution is -2.23. The fraction of sp³-hybridized carbons (Fsp3) is 0.0870. The molecule has 0 saturated carbocycles. The van der Waals surface area contributed by atoms with E-state index in [2.05, 4.69) is 5.32 Å². The molecule has 136 valence electrons. The molecule has 0 aliphatic carbocycles. The third-order valence-electron chi connectivity index (χ3n) is 4.12. The van der Waals surface area contributed by atoms with E-state index in [9.17, 15) is 9.18 Å². The van der Waals surface area contributed by atoms with E-state index in [0.717, 1.165) is 22.4 Å². The van der Waals surface area contributed by atoms with Gasteiger partial charge in [0.1, 0.15) is 11.6 Å². The Labute approximate surface area is 158 Å². The van der Waals surface area contributed by atoms with Crippen molar-refractivity contribution < 1.29 is 13.9 Å². The molecule has 0 unspecified atom stereocenters. The minimum atomic E-state index is -0.297. The monoisotopic (exact) mass is 361 g/mol. The van der Waals surface area contributed by atoms with Gasteiger partial charge >= 0.3 is 0 Å². The first-order chi connectivity index (χ1) is 13.2. The van der Waals surface area contributed by atoms with Crippen LogP contribution in [0.4, 0.5) is 4.39 Å². The highest BCUT2D eigenvalue weighted by Crippen LogP contribution is 2.20. The summed E-state index contributed by atoms with van der Waals surface area (Å²) in [7, 11) is 1.61. The van der Waals surface area contributed by atoms with Gasteiger partial charge in [-0.05, 0) is 47.0 Å². The van der Waals surface area contributed by atoms with Gasteiger partial charge in [-0.15, -0.1) is 0 Å². The Morgan fingerprint density at radius 2 is 1.63 bits per heavy atom. The molecule has 0 saturated heterocycles. The number of methoxy groups -OCH3 is 1. The van der Waals surface area contributed by atoms with Gasteiger partial charge in [-0.25, -0.2) is 4.39 Å². The summed E-state index contributed by atoms with van der Waals surface area (Å²) in [6.07, 6.45) is 1.84. The maximum atomic E-state index is 13.0. The molecule has 3 rings (SSSR count). The van der Waals surface area contributed by atoms with Crippen LogP contribution in [0.2, 0.25) is 0 Å². The zero-order valence-electron chi connectivity index (χ0n) is 15.0. The fourth-order valence-electron chi connectivity index (χ4n) is 2.64. The average Bonchev–Trinajstić information content (AvgIpc) is 2.72. The number of ether oxygens (including phenoxy) is 1. The molecule has 3 nitrogen and oxygen atoms in total. The van der Waals surface area contributed by atoms with Gasteiger partial charge in [-0.3, -0.25) is 4.79 Å². The molecule has 0 aromatic heterocycles. The van der Waals surface area contributed by atoms with Crippen molar-refractivity contribution in [1.82, 2.24) is 5.32 Å². The third-order valence-corrected chi connectivity index (χ3v) is 4.12. The summed E-state index contributed by atoms with van der Waals surface area (Å²) in [5.41, 5.74) is 3.11. The van der Waals surface area contributed by atoms with Crippen molar-refractivity contribution in [3.8, 4) is 5.75 Å². The summed E-state index contributed by atoms with van der Waals surface area (Å²) in [5, 5.41) is 2.91. The first-order valence-corrected chi connectivity index (χ1v) is 8.59. The molecule has 4 heteroatoms. The van der Waals surface area contributed by atoms with Gasteiger partial charge in [0.25, 0.3) is 5.91 Å². The van der Waals surface area contributed by atoms with Crippen molar-refractivity contribution in [2.24, 2.45) is 0 Å². The number of hydrogen-bond donors (Lipinski definition) is 1. The quantitative estimate of drug-likeness (QED) is 0.511. The van der Waals surface area contributed by atoms with E-state index >= 15 is 0 Å². The van der Waals surface area contributed by atoms with E-state index in [-0.39, 0.29) is 11.7 Å². The zero-order chi connectivity index (χ0) is 19.1. The van der Waals surface area contributed by atoms with Gasteiger partial charge in [0.05, 0.1) is 7.11 Å². The third kappa shape index (κ3) is 5.05. The van der Waals surface area contributed by atoms with Gasteiger partial charge in [0.15, 0.2) is 0 Å². The van der Waals surface area contributed by atoms with Crippen LogP contribution in [-0.2, 0) is 11.3 Å². The number of nitrogens with one attached hydrogen (secondary N) is 1. The summed E-state index contributed by atoms with van der Waals surface area (Å²) in [5.74, 6) is 0.268.